The van der Waals surface area contributed by atoms with Crippen molar-refractivity contribution in [2.24, 2.45) is 0 Å². The Hall–Kier alpha value is -5.15. The Morgan fingerprint density at radius 1 is 0.629 bits per heavy atom. The zero-order chi connectivity index (χ0) is 66.6. The van der Waals surface area contributed by atoms with Gasteiger partial charge in [-0.15, -0.1) is 5.10 Å². The molecule has 5 amide bonds. The lowest BCUT2D eigenvalue weighted by Gasteiger charge is -2.46. The number of hydrogen-bond acceptors (Lipinski definition) is 16. The van der Waals surface area contributed by atoms with E-state index in [1.165, 1.54) is 18.3 Å². The molecule has 28 nitrogen and oxygen atoms in total. The number of nitrogens with one attached hydrogen (secondary N) is 5. The van der Waals surface area contributed by atoms with Gasteiger partial charge in [0.15, 0.2) is 0 Å². The zero-order valence-corrected chi connectivity index (χ0v) is 55.8. The minimum absolute atomic E-state index is 0.0236. The number of aliphatic carboxylic acids is 3. The maximum atomic E-state index is 16.7. The summed E-state index contributed by atoms with van der Waals surface area (Å²) in [6, 6.07) is 3.27. The van der Waals surface area contributed by atoms with E-state index in [1.54, 1.807) is 40.7 Å². The topological polar surface area (TPSA) is 410 Å². The third kappa shape index (κ3) is 29.8. The number of nitrogens with zero attached hydrogens (tertiary/aromatic N) is 6. The van der Waals surface area contributed by atoms with Gasteiger partial charge in [0.25, 0.3) is 5.91 Å². The normalized spacial score (nSPS) is 17.6. The highest BCUT2D eigenvalue weighted by atomic mass is 32.3. The van der Waals surface area contributed by atoms with E-state index in [-0.39, 0.29) is 87.1 Å². The molecule has 11 N–H and O–H groups in total. The maximum Gasteiger partial charge on any atom is 0.326 e. The number of aromatic nitrogens is 3. The van der Waals surface area contributed by atoms with Crippen molar-refractivity contribution in [3.8, 4) is 0 Å². The third-order valence-electron chi connectivity index (χ3n) is 14.9. The summed E-state index contributed by atoms with van der Waals surface area (Å²) in [5.74, 6) is -6.20. The van der Waals surface area contributed by atoms with Gasteiger partial charge in [0.2, 0.25) is 45.7 Å². The number of hydrogen-bond donors (Lipinski definition) is 11. The molecule has 2 aromatic rings. The SMILES string of the molecule is CCCCNC(=O)CCCCCCC(=O)NCCCCC(NC(=O)C(CNC(=O)c1ccc(S(F)(C(C)C)C(C)(C)C)cc1)n1cc(CNC(=O)CCP(=O)(O)CN2CCN(CP(=O)(O)CCC(=O)O)CCN(CP(=O)(O)CCC(=O)O)CC2)nn1)C(=O)O. The number of rotatable bonds is 41. The maximum absolute atomic E-state index is 16.7. The molecular formula is C56H97FN11O17P3S. The minimum atomic E-state index is -4.15. The molecule has 1 aliphatic heterocycles. The smallest absolute Gasteiger partial charge is 0.326 e. The van der Waals surface area contributed by atoms with Crippen LogP contribution in [0.1, 0.15) is 154 Å². The Balaban J connectivity index is 1.70. The second-order valence-corrected chi connectivity index (χ2v) is 34.9. The molecule has 1 aromatic carbocycles. The van der Waals surface area contributed by atoms with Crippen LogP contribution in [0.15, 0.2) is 35.4 Å². The van der Waals surface area contributed by atoms with Gasteiger partial charge in [-0.05, 0) is 83.6 Å². The molecule has 89 heavy (non-hydrogen) atoms. The summed E-state index contributed by atoms with van der Waals surface area (Å²) in [5.41, 5.74) is 0.248. The van der Waals surface area contributed by atoms with Gasteiger partial charge in [-0.3, -0.25) is 62.0 Å². The van der Waals surface area contributed by atoms with Crippen molar-refractivity contribution in [2.75, 3.05) is 96.2 Å². The fraction of sp³-hybridized carbons (Fsp3) is 0.714. The summed E-state index contributed by atoms with van der Waals surface area (Å²) in [7, 11) is -15.0. The molecule has 6 atom stereocenters. The Morgan fingerprint density at radius 2 is 1.09 bits per heavy atom. The van der Waals surface area contributed by atoms with Crippen LogP contribution in [0.4, 0.5) is 3.89 Å². The molecule has 1 saturated heterocycles. The Bertz CT molecular complexity index is 2740. The van der Waals surface area contributed by atoms with Crippen LogP contribution in [-0.4, -0.2) is 219 Å². The molecule has 0 spiro atoms. The molecule has 0 radical (unpaired) electrons. The van der Waals surface area contributed by atoms with Crippen LogP contribution in [0.25, 0.3) is 0 Å². The van der Waals surface area contributed by atoms with Crippen molar-refractivity contribution < 1.29 is 85.9 Å². The predicted octanol–water partition coefficient (Wildman–Crippen LogP) is 5.18. The molecule has 506 valence electrons. The number of carboxylic acids is 3. The number of unbranched alkanes of at least 4 members (excludes halogenated alkanes) is 5. The lowest BCUT2D eigenvalue weighted by Crippen LogP contribution is -2.47. The molecule has 1 aromatic heterocycles. The molecule has 0 bridgehead atoms. The van der Waals surface area contributed by atoms with E-state index in [0.717, 1.165) is 36.8 Å². The van der Waals surface area contributed by atoms with Crippen LogP contribution in [0.3, 0.4) is 0 Å². The van der Waals surface area contributed by atoms with E-state index < -0.39 is 148 Å². The van der Waals surface area contributed by atoms with Crippen molar-refractivity contribution >= 4 is 80.0 Å². The molecular weight excluding hydrogens is 1240 g/mol. The second-order valence-electron chi connectivity index (χ2n) is 23.8. The molecule has 2 heterocycles. The van der Waals surface area contributed by atoms with Crippen molar-refractivity contribution in [2.45, 2.75) is 165 Å². The number of carbonyl (C=O) groups is 8. The Labute approximate surface area is 523 Å². The van der Waals surface area contributed by atoms with Gasteiger partial charge in [0.1, 0.15) is 17.8 Å². The largest absolute Gasteiger partial charge is 0.481 e. The van der Waals surface area contributed by atoms with Gasteiger partial charge < -0.3 is 56.6 Å². The van der Waals surface area contributed by atoms with E-state index in [9.17, 15) is 71.8 Å². The molecule has 1 aliphatic rings. The molecule has 0 aliphatic carbocycles. The first-order valence-electron chi connectivity index (χ1n) is 30.3. The van der Waals surface area contributed by atoms with Gasteiger partial charge in [0, 0.05) is 117 Å². The third-order valence-corrected chi connectivity index (χ3v) is 24.2. The number of benzene rings is 1. The molecule has 33 heteroatoms. The van der Waals surface area contributed by atoms with Crippen LogP contribution < -0.4 is 26.6 Å². The van der Waals surface area contributed by atoms with Crippen molar-refractivity contribution in [3.63, 3.8) is 0 Å². The number of halogens is 1. The minimum Gasteiger partial charge on any atom is -0.481 e. The average Bonchev–Trinajstić information content (AvgIpc) is 1.58. The first kappa shape index (κ1) is 78.1. The highest BCUT2D eigenvalue weighted by Crippen LogP contribution is 2.69. The van der Waals surface area contributed by atoms with Crippen molar-refractivity contribution in [1.82, 2.24) is 56.3 Å². The highest BCUT2D eigenvalue weighted by molar-refractivity contribution is 8.31. The fourth-order valence-electron chi connectivity index (χ4n) is 9.87. The molecule has 3 rings (SSSR count). The van der Waals surface area contributed by atoms with Crippen LogP contribution in [-0.2, 0) is 53.8 Å². The van der Waals surface area contributed by atoms with Gasteiger partial charge in [-0.25, -0.2) is 9.48 Å². The van der Waals surface area contributed by atoms with Crippen LogP contribution >= 0.6 is 32.5 Å². The van der Waals surface area contributed by atoms with Gasteiger partial charge in [-0.2, -0.15) is 3.89 Å². The Kier molecular flexibility index (Phi) is 33.3. The molecule has 1 fully saturated rings. The number of carboxylic acid groups (broad SMARTS) is 3. The van der Waals surface area contributed by atoms with Gasteiger partial charge in [-0.1, -0.05) is 55.7 Å². The van der Waals surface area contributed by atoms with Gasteiger partial charge >= 0.3 is 17.9 Å². The summed E-state index contributed by atoms with van der Waals surface area (Å²) in [4.78, 5) is 138. The summed E-state index contributed by atoms with van der Waals surface area (Å²) in [5, 5.41) is 49.7. The van der Waals surface area contributed by atoms with E-state index in [2.05, 4.69) is 43.8 Å². The van der Waals surface area contributed by atoms with E-state index in [0.29, 0.717) is 43.5 Å². The van der Waals surface area contributed by atoms with Crippen LogP contribution in [0, 0.1) is 0 Å². The highest BCUT2D eigenvalue weighted by Gasteiger charge is 2.42. The molecule has 0 saturated carbocycles. The van der Waals surface area contributed by atoms with Crippen molar-refractivity contribution in [1.29, 1.82) is 0 Å². The quantitative estimate of drug-likeness (QED) is 0.0302. The first-order valence-corrected chi connectivity index (χ1v) is 38.0. The first-order chi connectivity index (χ1) is 41.7. The average molecular weight is 1340 g/mol. The number of carbonyl (C=O) groups excluding carboxylic acids is 5. The fourth-order valence-corrected chi connectivity index (χ4v) is 17.8. The van der Waals surface area contributed by atoms with E-state index in [1.807, 2.05) is 20.8 Å². The zero-order valence-electron chi connectivity index (χ0n) is 52.3. The van der Waals surface area contributed by atoms with Crippen LogP contribution in [0.5, 0.6) is 0 Å². The summed E-state index contributed by atoms with van der Waals surface area (Å²) in [6.45, 7) is 11.8. The lowest BCUT2D eigenvalue weighted by atomic mass is 10.1. The lowest BCUT2D eigenvalue weighted by molar-refractivity contribution is -0.142. The summed E-state index contributed by atoms with van der Waals surface area (Å²) in [6.07, 6.45) is 3.20. The van der Waals surface area contributed by atoms with Crippen LogP contribution in [0.2, 0.25) is 0 Å². The Morgan fingerprint density at radius 3 is 1.53 bits per heavy atom. The van der Waals surface area contributed by atoms with E-state index in [4.69, 9.17) is 10.2 Å². The monoisotopic (exact) mass is 1340 g/mol. The van der Waals surface area contributed by atoms with Gasteiger partial charge in [0.05, 0.1) is 44.4 Å². The molecule has 6 unspecified atom stereocenters. The number of amides is 5. The second kappa shape index (κ2) is 38.0. The summed E-state index contributed by atoms with van der Waals surface area (Å²) >= 11 is 0. The van der Waals surface area contributed by atoms with E-state index >= 15 is 3.89 Å². The predicted molar refractivity (Wildman–Crippen MR) is 336 cm³/mol. The summed E-state index contributed by atoms with van der Waals surface area (Å²) < 4.78 is 56.7. The standard InChI is InChI=1S/C56H97FN11O17P3S/c1-7-8-25-58-48(69)16-11-9-10-12-17-49(70)59-26-14-13-15-46(55(78)79)62-54(77)47(37-61-53(76)43-18-20-45(21-19-43)89(57,42(2)3)56(4,5)6)68-38-44(63-64-68)36-60-50(71)22-33-86(80,81)39-65-27-29-66(40-87(82,83)34-23-51(72)73)31-32-67(30-28-65)41-88(84,85)35-24-52(74)75/h18-21,38,42,46-47H,7-17,22-37,39-41H2,1-6H3,(H,58,69)(H,59,70)(H,60,71)(H,61,76)(H,62,77)(H,72,73)(H,74,75)(H,78,79)(H,80,81)(H,82,83)(H,84,85). The van der Waals surface area contributed by atoms with Crippen molar-refractivity contribution in [3.05, 3.63) is 41.7 Å².